The smallest absolute Gasteiger partial charge is 0.460 e. The third kappa shape index (κ3) is 5.55. The fourth-order valence-electron chi connectivity index (χ4n) is 7.33. The maximum Gasteiger partial charge on any atom is 0.491 e. The van der Waals surface area contributed by atoms with Gasteiger partial charge in [-0.3, -0.25) is 4.79 Å². The van der Waals surface area contributed by atoms with Gasteiger partial charge in [0.15, 0.2) is 0 Å². The number of Topliss-reactive ketones (excluding diaryl/α,β-unsaturated/α-hetero) is 1. The van der Waals surface area contributed by atoms with Gasteiger partial charge in [-0.25, -0.2) is 4.39 Å². The van der Waals surface area contributed by atoms with Crippen molar-refractivity contribution in [2.45, 2.75) is 92.0 Å². The van der Waals surface area contributed by atoms with E-state index in [4.69, 9.17) is 9.39 Å². The van der Waals surface area contributed by atoms with E-state index in [-0.39, 0.29) is 47.3 Å². The number of ketones is 1. The van der Waals surface area contributed by atoms with Crippen LogP contribution in [0.5, 0.6) is 0 Å². The maximum absolute atomic E-state index is 14.6. The van der Waals surface area contributed by atoms with Crippen LogP contribution in [0.3, 0.4) is 0 Å². The summed E-state index contributed by atoms with van der Waals surface area (Å²) < 4.78 is 26.0. The average Bonchev–Trinajstić information content (AvgIpc) is 3.25. The molecule has 2 fully saturated rings. The second-order valence-corrected chi connectivity index (χ2v) is 12.9. The van der Waals surface area contributed by atoms with Crippen molar-refractivity contribution in [1.82, 2.24) is 0 Å². The molecule has 2 bridgehead atoms. The first kappa shape index (κ1) is 29.8. The van der Waals surface area contributed by atoms with Gasteiger partial charge in [0, 0.05) is 17.3 Å². The number of benzene rings is 1. The van der Waals surface area contributed by atoms with Gasteiger partial charge < -0.3 is 29.6 Å². The molecule has 0 amide bonds. The molecule has 7 nitrogen and oxygen atoms in total. The Kier molecular flexibility index (Phi) is 8.37. The van der Waals surface area contributed by atoms with E-state index >= 15 is 0 Å². The van der Waals surface area contributed by atoms with Gasteiger partial charge in [-0.05, 0) is 79.4 Å². The molecule has 2 aliphatic carbocycles. The van der Waals surface area contributed by atoms with Crippen molar-refractivity contribution in [2.75, 3.05) is 11.9 Å². The number of hydrogen-bond donors (Lipinski definition) is 3. The topological polar surface area (TPSA) is 105 Å². The van der Waals surface area contributed by atoms with E-state index in [1.54, 1.807) is 13.0 Å². The van der Waals surface area contributed by atoms with Crippen molar-refractivity contribution in [2.24, 2.45) is 28.1 Å². The number of halogens is 1. The van der Waals surface area contributed by atoms with Crippen LogP contribution in [-0.4, -0.2) is 47.8 Å². The molecule has 0 radical (unpaired) electrons. The van der Waals surface area contributed by atoms with Crippen molar-refractivity contribution >= 4 is 30.0 Å². The second kappa shape index (κ2) is 11.0. The fraction of sp³-hybridized carbons (Fsp3) is 0.667. The second-order valence-electron chi connectivity index (χ2n) is 12.9. The Morgan fingerprint density at radius 3 is 2.72 bits per heavy atom. The summed E-state index contributed by atoms with van der Waals surface area (Å²) in [5, 5.41) is 24.4. The molecular weight excluding hydrogens is 500 g/mol. The summed E-state index contributed by atoms with van der Waals surface area (Å²) in [6.07, 6.45) is 4.64. The highest BCUT2D eigenvalue weighted by Crippen LogP contribution is 2.62. The van der Waals surface area contributed by atoms with E-state index in [1.165, 1.54) is 12.1 Å². The minimum Gasteiger partial charge on any atom is -0.460 e. The molecule has 0 saturated heterocycles. The van der Waals surface area contributed by atoms with Gasteiger partial charge in [0.1, 0.15) is 24.2 Å². The number of anilines is 1. The lowest BCUT2D eigenvalue weighted by molar-refractivity contribution is -0.187. The van der Waals surface area contributed by atoms with E-state index in [2.05, 4.69) is 32.7 Å². The Labute approximate surface area is 231 Å². The third-order valence-electron chi connectivity index (χ3n) is 10.4. The SMILES string of the molecule is C=C[C@]1(C)C[C@@H](OC(=O)CNc2cc3c(cc2F)COB3O)[C@@]2(C)C[C@](CCC(C)=O)(CC[C@H]2C)[C@@H](C)[C@@H]1O. The summed E-state index contributed by atoms with van der Waals surface area (Å²) >= 11 is 0. The van der Waals surface area contributed by atoms with Gasteiger partial charge in [0.25, 0.3) is 0 Å². The number of nitrogens with one attached hydrogen (secondary N) is 1. The first-order chi connectivity index (χ1) is 18.2. The lowest BCUT2D eigenvalue weighted by Gasteiger charge is -2.60. The van der Waals surface area contributed by atoms with Gasteiger partial charge in [0.2, 0.25) is 0 Å². The van der Waals surface area contributed by atoms with Gasteiger partial charge in [-0.1, -0.05) is 33.8 Å². The Bertz CT molecular complexity index is 1130. The predicted molar refractivity (Wildman–Crippen MR) is 149 cm³/mol. The summed E-state index contributed by atoms with van der Waals surface area (Å²) in [5.41, 5.74) is -0.219. The molecule has 1 aromatic carbocycles. The van der Waals surface area contributed by atoms with E-state index in [9.17, 15) is 24.1 Å². The minimum atomic E-state index is -1.12. The van der Waals surface area contributed by atoms with E-state index in [0.717, 1.165) is 19.3 Å². The lowest BCUT2D eigenvalue weighted by atomic mass is 9.47. The zero-order valence-corrected chi connectivity index (χ0v) is 23.9. The third-order valence-corrected chi connectivity index (χ3v) is 10.4. The number of aliphatic hydroxyl groups is 1. The number of hydrogen-bond acceptors (Lipinski definition) is 7. The summed E-state index contributed by atoms with van der Waals surface area (Å²) in [6, 6.07) is 2.77. The largest absolute Gasteiger partial charge is 0.491 e. The lowest BCUT2D eigenvalue weighted by Crippen LogP contribution is -2.58. The Morgan fingerprint density at radius 1 is 1.33 bits per heavy atom. The zero-order chi connectivity index (χ0) is 28.8. The quantitative estimate of drug-likeness (QED) is 0.257. The molecule has 214 valence electrons. The van der Waals surface area contributed by atoms with Gasteiger partial charge >= 0.3 is 13.1 Å². The highest BCUT2D eigenvalue weighted by molar-refractivity contribution is 6.61. The summed E-state index contributed by atoms with van der Waals surface area (Å²) in [7, 11) is -1.12. The van der Waals surface area contributed by atoms with Gasteiger partial charge in [0.05, 0.1) is 18.4 Å². The first-order valence-corrected chi connectivity index (χ1v) is 14.1. The number of rotatable bonds is 8. The number of carbonyl (C=O) groups is 2. The van der Waals surface area contributed by atoms with Crippen LogP contribution in [0.25, 0.3) is 0 Å². The van der Waals surface area contributed by atoms with E-state index in [1.807, 2.05) is 6.92 Å². The Balaban J connectivity index is 1.59. The molecular formula is C30H43BFNO6. The molecule has 7 atom stereocenters. The maximum atomic E-state index is 14.6. The molecule has 9 heteroatoms. The average molecular weight is 543 g/mol. The van der Waals surface area contributed by atoms with Crippen molar-refractivity contribution in [3.05, 3.63) is 36.2 Å². The van der Waals surface area contributed by atoms with Gasteiger partial charge in [-0.2, -0.15) is 0 Å². The molecule has 4 rings (SSSR count). The van der Waals surface area contributed by atoms with Crippen molar-refractivity contribution in [1.29, 1.82) is 0 Å². The number of esters is 1. The predicted octanol–water partition coefficient (Wildman–Crippen LogP) is 4.14. The summed E-state index contributed by atoms with van der Waals surface area (Å²) in [5.74, 6) is -0.746. The molecule has 1 aromatic rings. The standard InChI is InChI=1S/C30H43BFNO6/c1-7-28(5)14-25(39-26(35)15-33-24-13-22-21(12-23(24)32)16-38-31(22)37)29(6)17-30(10-8-18(29)2,11-9-19(3)34)20(4)27(28)36/h7,12-13,18,20,25,27,33,36-37H,1,8-11,14-17H2,2-6H3/t18-,20+,25-,27+,28-,29+,30-/m1/s1. The molecule has 0 aromatic heterocycles. The van der Waals surface area contributed by atoms with Crippen molar-refractivity contribution in [3.63, 3.8) is 0 Å². The van der Waals surface area contributed by atoms with Crippen LogP contribution >= 0.6 is 0 Å². The Morgan fingerprint density at radius 2 is 2.05 bits per heavy atom. The highest BCUT2D eigenvalue weighted by atomic mass is 19.1. The molecule has 3 N–H and O–H groups in total. The van der Waals surface area contributed by atoms with Crippen LogP contribution in [0.15, 0.2) is 24.8 Å². The monoisotopic (exact) mass is 543 g/mol. The van der Waals surface area contributed by atoms with Crippen LogP contribution in [0.1, 0.15) is 78.7 Å². The van der Waals surface area contributed by atoms with Crippen LogP contribution in [0.4, 0.5) is 10.1 Å². The van der Waals surface area contributed by atoms with Gasteiger partial charge in [-0.15, -0.1) is 6.58 Å². The summed E-state index contributed by atoms with van der Waals surface area (Å²) in [4.78, 5) is 25.2. The number of carbonyl (C=O) groups excluding carboxylic acids is 2. The van der Waals surface area contributed by atoms with Crippen LogP contribution in [0.2, 0.25) is 0 Å². The van der Waals surface area contributed by atoms with Crippen molar-refractivity contribution in [3.8, 4) is 0 Å². The van der Waals surface area contributed by atoms with Crippen LogP contribution in [0, 0.1) is 33.9 Å². The van der Waals surface area contributed by atoms with Crippen molar-refractivity contribution < 1.29 is 33.5 Å². The van der Waals surface area contributed by atoms with E-state index in [0.29, 0.717) is 30.3 Å². The van der Waals surface area contributed by atoms with Crippen LogP contribution < -0.4 is 10.8 Å². The highest BCUT2D eigenvalue weighted by Gasteiger charge is 2.58. The minimum absolute atomic E-state index is 0.0629. The summed E-state index contributed by atoms with van der Waals surface area (Å²) in [6.45, 7) is 13.9. The molecule has 3 aliphatic rings. The zero-order valence-electron chi connectivity index (χ0n) is 23.9. The number of ether oxygens (including phenoxy) is 1. The molecule has 0 spiro atoms. The number of fused-ring (bicyclic) bond motifs is 3. The molecule has 1 aliphatic heterocycles. The first-order valence-electron chi connectivity index (χ1n) is 14.1. The number of aliphatic hydroxyl groups excluding tert-OH is 1. The van der Waals surface area contributed by atoms with E-state index < -0.39 is 36.5 Å². The Hall–Kier alpha value is -2.23. The molecule has 39 heavy (non-hydrogen) atoms. The molecule has 2 saturated carbocycles. The molecule has 1 heterocycles. The molecule has 0 unspecified atom stereocenters. The fourth-order valence-corrected chi connectivity index (χ4v) is 7.33. The normalized spacial score (nSPS) is 35.9. The van der Waals surface area contributed by atoms with Crippen LogP contribution in [-0.2, 0) is 25.6 Å².